The van der Waals surface area contributed by atoms with Gasteiger partial charge in [-0.15, -0.1) is 0 Å². The fourth-order valence-corrected chi connectivity index (χ4v) is 4.22. The molecule has 2 aliphatic rings. The zero-order valence-corrected chi connectivity index (χ0v) is 14.4. The molecular weight excluding hydrogens is 337 g/mol. The van der Waals surface area contributed by atoms with E-state index < -0.39 is 12.0 Å². The maximum atomic E-state index is 13.3. The smallest absolute Gasteiger partial charge is 0.320 e. The number of amides is 1. The number of rotatable bonds is 3. The highest BCUT2D eigenvalue weighted by Gasteiger charge is 2.36. The number of H-pyrrole nitrogens is 1. The van der Waals surface area contributed by atoms with E-state index in [2.05, 4.69) is 10.3 Å². The normalized spacial score (nSPS) is 24.3. The third-order valence-corrected chi connectivity index (χ3v) is 5.66. The highest BCUT2D eigenvalue weighted by molar-refractivity contribution is 5.85. The van der Waals surface area contributed by atoms with E-state index in [1.165, 1.54) is 17.7 Å². The molecule has 0 bridgehead atoms. The van der Waals surface area contributed by atoms with Crippen molar-refractivity contribution in [3.63, 3.8) is 0 Å². The quantitative estimate of drug-likeness (QED) is 0.784. The maximum Gasteiger partial charge on any atom is 0.320 e. The number of likely N-dealkylation sites (tertiary alicyclic amines) is 1. The number of aromatic amines is 1. The molecule has 2 saturated heterocycles. The van der Waals surface area contributed by atoms with Gasteiger partial charge in [-0.2, -0.15) is 0 Å². The van der Waals surface area contributed by atoms with Crippen molar-refractivity contribution < 1.29 is 19.1 Å². The molecule has 6 nitrogen and oxygen atoms in total. The number of aliphatic carboxylic acids is 1. The first-order valence-electron chi connectivity index (χ1n) is 9.07. The molecule has 0 spiro atoms. The van der Waals surface area contributed by atoms with Gasteiger partial charge in [0, 0.05) is 30.2 Å². The van der Waals surface area contributed by atoms with Gasteiger partial charge >= 0.3 is 5.97 Å². The van der Waals surface area contributed by atoms with E-state index >= 15 is 0 Å². The van der Waals surface area contributed by atoms with Crippen LogP contribution in [0, 0.1) is 5.82 Å². The summed E-state index contributed by atoms with van der Waals surface area (Å²) >= 11 is 0. The molecule has 0 aliphatic carbocycles. The molecule has 2 aliphatic heterocycles. The van der Waals surface area contributed by atoms with Crippen LogP contribution in [0.3, 0.4) is 0 Å². The summed E-state index contributed by atoms with van der Waals surface area (Å²) in [5.41, 5.74) is 1.98. The number of carbonyl (C=O) groups is 2. The van der Waals surface area contributed by atoms with Crippen molar-refractivity contribution in [1.82, 2.24) is 15.2 Å². The molecule has 4 rings (SSSR count). The predicted octanol–water partition coefficient (Wildman–Crippen LogP) is 2.22. The average Bonchev–Trinajstić information content (AvgIpc) is 3.28. The monoisotopic (exact) mass is 359 g/mol. The van der Waals surface area contributed by atoms with Crippen molar-refractivity contribution in [2.45, 2.75) is 43.7 Å². The van der Waals surface area contributed by atoms with Crippen LogP contribution in [0.5, 0.6) is 0 Å². The lowest BCUT2D eigenvalue weighted by Gasteiger charge is -2.33. The highest BCUT2D eigenvalue weighted by Crippen LogP contribution is 2.33. The van der Waals surface area contributed by atoms with E-state index in [0.29, 0.717) is 31.8 Å². The lowest BCUT2D eigenvalue weighted by atomic mass is 9.89. The number of aromatic nitrogens is 1. The first kappa shape index (κ1) is 17.0. The highest BCUT2D eigenvalue weighted by atomic mass is 19.1. The second kappa shape index (κ2) is 6.72. The third-order valence-electron chi connectivity index (χ3n) is 5.66. The molecule has 1 aromatic carbocycles. The first-order chi connectivity index (χ1) is 12.5. The SMILES string of the molecule is O=C(O)[C@@H]1CC[C@H](C(=O)N2CCC(c3c[nH]c4cc(F)ccc34)CC2)N1. The maximum absolute atomic E-state index is 13.3. The molecule has 2 fully saturated rings. The van der Waals surface area contributed by atoms with E-state index in [4.69, 9.17) is 5.11 Å². The van der Waals surface area contributed by atoms with Crippen LogP contribution in [-0.4, -0.2) is 52.0 Å². The standard InChI is InChI=1S/C19H22FN3O3/c20-12-1-2-13-14(10-21-17(13)9-12)11-5-7-23(8-6-11)18(24)15-3-4-16(22-15)19(25)26/h1-2,9-11,15-16,21-22H,3-8H2,(H,25,26)/t15-,16+/m1/s1. The number of piperidine rings is 1. The number of nitrogens with zero attached hydrogens (tertiary/aromatic N) is 1. The summed E-state index contributed by atoms with van der Waals surface area (Å²) in [6.07, 6.45) is 4.72. The Labute approximate surface area is 150 Å². The Morgan fingerprint density at radius 2 is 1.85 bits per heavy atom. The number of carboxylic acids is 1. The lowest BCUT2D eigenvalue weighted by Crippen LogP contribution is -2.48. The van der Waals surface area contributed by atoms with Gasteiger partial charge in [-0.05, 0) is 55.4 Å². The summed E-state index contributed by atoms with van der Waals surface area (Å²) in [4.78, 5) is 28.6. The van der Waals surface area contributed by atoms with Gasteiger partial charge in [-0.1, -0.05) is 0 Å². The van der Waals surface area contributed by atoms with Crippen LogP contribution in [0.25, 0.3) is 10.9 Å². The van der Waals surface area contributed by atoms with Crippen molar-refractivity contribution in [2.75, 3.05) is 13.1 Å². The summed E-state index contributed by atoms with van der Waals surface area (Å²) < 4.78 is 13.3. The molecule has 26 heavy (non-hydrogen) atoms. The molecule has 0 unspecified atom stereocenters. The molecule has 0 saturated carbocycles. The van der Waals surface area contributed by atoms with Crippen LogP contribution in [0.2, 0.25) is 0 Å². The molecule has 2 aromatic rings. The molecular formula is C19H22FN3O3. The molecule has 2 atom stereocenters. The van der Waals surface area contributed by atoms with Crippen LogP contribution < -0.4 is 5.32 Å². The Hall–Kier alpha value is -2.41. The minimum Gasteiger partial charge on any atom is -0.480 e. The minimum absolute atomic E-state index is 0.00759. The second-order valence-corrected chi connectivity index (χ2v) is 7.22. The number of nitrogens with one attached hydrogen (secondary N) is 2. The first-order valence-corrected chi connectivity index (χ1v) is 9.07. The Kier molecular flexibility index (Phi) is 4.40. The summed E-state index contributed by atoms with van der Waals surface area (Å²) in [6, 6.07) is 3.78. The summed E-state index contributed by atoms with van der Waals surface area (Å²) in [6.45, 7) is 1.32. The topological polar surface area (TPSA) is 85.4 Å². The van der Waals surface area contributed by atoms with E-state index in [1.807, 2.05) is 17.2 Å². The van der Waals surface area contributed by atoms with Gasteiger partial charge in [0.1, 0.15) is 11.9 Å². The van der Waals surface area contributed by atoms with Crippen molar-refractivity contribution in [3.05, 3.63) is 35.8 Å². The van der Waals surface area contributed by atoms with Gasteiger partial charge < -0.3 is 15.0 Å². The number of hydrogen-bond acceptors (Lipinski definition) is 3. The molecule has 3 heterocycles. The van der Waals surface area contributed by atoms with E-state index in [0.717, 1.165) is 23.7 Å². The number of fused-ring (bicyclic) bond motifs is 1. The molecule has 3 N–H and O–H groups in total. The predicted molar refractivity (Wildman–Crippen MR) is 94.4 cm³/mol. The minimum atomic E-state index is -0.894. The molecule has 138 valence electrons. The van der Waals surface area contributed by atoms with Crippen LogP contribution in [-0.2, 0) is 9.59 Å². The van der Waals surface area contributed by atoms with Crippen LogP contribution in [0.4, 0.5) is 4.39 Å². The summed E-state index contributed by atoms with van der Waals surface area (Å²) in [7, 11) is 0. The molecule has 1 amide bonds. The zero-order chi connectivity index (χ0) is 18.3. The Morgan fingerprint density at radius 3 is 2.54 bits per heavy atom. The second-order valence-electron chi connectivity index (χ2n) is 7.22. The van der Waals surface area contributed by atoms with Crippen LogP contribution in [0.15, 0.2) is 24.4 Å². The lowest BCUT2D eigenvalue weighted by molar-refractivity contribution is -0.139. The van der Waals surface area contributed by atoms with Crippen LogP contribution >= 0.6 is 0 Å². The van der Waals surface area contributed by atoms with Gasteiger partial charge in [0.05, 0.1) is 6.04 Å². The van der Waals surface area contributed by atoms with E-state index in [1.54, 1.807) is 0 Å². The third kappa shape index (κ3) is 3.07. The zero-order valence-electron chi connectivity index (χ0n) is 14.4. The average molecular weight is 359 g/mol. The van der Waals surface area contributed by atoms with E-state index in [9.17, 15) is 14.0 Å². The number of halogens is 1. The van der Waals surface area contributed by atoms with Crippen molar-refractivity contribution in [2.24, 2.45) is 0 Å². The Morgan fingerprint density at radius 1 is 1.12 bits per heavy atom. The van der Waals surface area contributed by atoms with Crippen molar-refractivity contribution in [3.8, 4) is 0 Å². The number of hydrogen-bond donors (Lipinski definition) is 3. The van der Waals surface area contributed by atoms with Gasteiger partial charge in [-0.25, -0.2) is 4.39 Å². The van der Waals surface area contributed by atoms with Crippen LogP contribution in [0.1, 0.15) is 37.2 Å². The molecule has 1 aromatic heterocycles. The number of carboxylic acid groups (broad SMARTS) is 1. The Bertz CT molecular complexity index is 842. The van der Waals surface area contributed by atoms with Gasteiger partial charge in [0.15, 0.2) is 0 Å². The summed E-state index contributed by atoms with van der Waals surface area (Å²) in [5, 5.41) is 13.0. The van der Waals surface area contributed by atoms with Gasteiger partial charge in [0.2, 0.25) is 5.91 Å². The van der Waals surface area contributed by atoms with Crippen molar-refractivity contribution >= 4 is 22.8 Å². The molecule has 0 radical (unpaired) electrons. The fraction of sp³-hybridized carbons (Fsp3) is 0.474. The number of carbonyl (C=O) groups excluding carboxylic acids is 1. The van der Waals surface area contributed by atoms with Crippen molar-refractivity contribution in [1.29, 1.82) is 0 Å². The van der Waals surface area contributed by atoms with E-state index in [-0.39, 0.29) is 17.8 Å². The largest absolute Gasteiger partial charge is 0.480 e. The van der Waals surface area contributed by atoms with Gasteiger partial charge in [-0.3, -0.25) is 14.9 Å². The van der Waals surface area contributed by atoms with Gasteiger partial charge in [0.25, 0.3) is 0 Å². The number of benzene rings is 1. The fourth-order valence-electron chi connectivity index (χ4n) is 4.22. The molecule has 7 heteroatoms. The summed E-state index contributed by atoms with van der Waals surface area (Å²) in [5.74, 6) is -0.806. The Balaban J connectivity index is 1.39.